The SMILES string of the molecule is O=C1N(CC2CCCCO2)CCN1c1ccc2c(c1)CCC2. The number of anilines is 1. The summed E-state index contributed by atoms with van der Waals surface area (Å²) in [6.45, 7) is 3.21. The Balaban J connectivity index is 1.44. The van der Waals surface area contributed by atoms with Gasteiger partial charge in [0.25, 0.3) is 0 Å². The molecule has 0 aromatic heterocycles. The van der Waals surface area contributed by atoms with Crippen LogP contribution in [0.25, 0.3) is 0 Å². The van der Waals surface area contributed by atoms with Crippen molar-refractivity contribution < 1.29 is 9.53 Å². The lowest BCUT2D eigenvalue weighted by molar-refractivity contribution is 0.00338. The quantitative estimate of drug-likeness (QED) is 0.859. The zero-order valence-corrected chi connectivity index (χ0v) is 13.1. The summed E-state index contributed by atoms with van der Waals surface area (Å²) >= 11 is 0. The van der Waals surface area contributed by atoms with Crippen LogP contribution in [0.15, 0.2) is 18.2 Å². The van der Waals surface area contributed by atoms with Gasteiger partial charge in [0.1, 0.15) is 0 Å². The molecule has 1 aromatic rings. The van der Waals surface area contributed by atoms with Gasteiger partial charge in [-0.25, -0.2) is 4.79 Å². The lowest BCUT2D eigenvalue weighted by Crippen LogP contribution is -2.39. The minimum Gasteiger partial charge on any atom is -0.376 e. The van der Waals surface area contributed by atoms with Crippen molar-refractivity contribution in [3.05, 3.63) is 29.3 Å². The number of benzene rings is 1. The van der Waals surface area contributed by atoms with E-state index in [4.69, 9.17) is 4.74 Å². The second kappa shape index (κ2) is 5.92. The molecule has 1 atom stereocenters. The highest BCUT2D eigenvalue weighted by molar-refractivity contribution is 5.94. The Hall–Kier alpha value is -1.55. The van der Waals surface area contributed by atoms with E-state index in [0.29, 0.717) is 0 Å². The van der Waals surface area contributed by atoms with E-state index in [1.807, 2.05) is 9.80 Å². The van der Waals surface area contributed by atoms with Gasteiger partial charge in [-0.2, -0.15) is 0 Å². The Morgan fingerprint density at radius 2 is 2.00 bits per heavy atom. The first-order valence-electron chi connectivity index (χ1n) is 8.61. The molecule has 0 radical (unpaired) electrons. The van der Waals surface area contributed by atoms with Crippen LogP contribution in [-0.2, 0) is 17.6 Å². The van der Waals surface area contributed by atoms with E-state index in [1.165, 1.54) is 30.4 Å². The van der Waals surface area contributed by atoms with Gasteiger partial charge in [0.15, 0.2) is 0 Å². The molecule has 1 aromatic carbocycles. The number of nitrogens with zero attached hydrogens (tertiary/aromatic N) is 2. The smallest absolute Gasteiger partial charge is 0.324 e. The van der Waals surface area contributed by atoms with Gasteiger partial charge < -0.3 is 9.64 Å². The summed E-state index contributed by atoms with van der Waals surface area (Å²) in [5.41, 5.74) is 3.96. The first-order chi connectivity index (χ1) is 10.8. The Bertz CT molecular complexity index is 566. The van der Waals surface area contributed by atoms with Crippen LogP contribution in [0, 0.1) is 0 Å². The maximum absolute atomic E-state index is 12.7. The van der Waals surface area contributed by atoms with Gasteiger partial charge >= 0.3 is 6.03 Å². The minimum absolute atomic E-state index is 0.145. The topological polar surface area (TPSA) is 32.8 Å². The largest absolute Gasteiger partial charge is 0.376 e. The molecule has 1 unspecified atom stereocenters. The minimum atomic E-state index is 0.145. The van der Waals surface area contributed by atoms with Crippen LogP contribution in [-0.4, -0.2) is 43.3 Å². The van der Waals surface area contributed by atoms with E-state index in [0.717, 1.165) is 51.2 Å². The van der Waals surface area contributed by atoms with E-state index in [9.17, 15) is 4.79 Å². The van der Waals surface area contributed by atoms with Gasteiger partial charge in [0, 0.05) is 31.9 Å². The number of aryl methyl sites for hydroxylation is 2. The molecular weight excluding hydrogens is 276 g/mol. The standard InChI is InChI=1S/C18H24N2O2/c21-18-19(13-17-6-1-2-11-22-17)9-10-20(18)16-8-7-14-4-3-5-15(14)12-16/h7-8,12,17H,1-6,9-11,13H2. The molecule has 4 rings (SSSR count). The number of rotatable bonds is 3. The fourth-order valence-electron chi connectivity index (χ4n) is 3.91. The van der Waals surface area contributed by atoms with E-state index in [-0.39, 0.29) is 12.1 Å². The third-order valence-corrected chi connectivity index (χ3v) is 5.19. The molecule has 2 aliphatic heterocycles. The molecule has 118 valence electrons. The highest BCUT2D eigenvalue weighted by Crippen LogP contribution is 2.29. The Morgan fingerprint density at radius 3 is 2.86 bits per heavy atom. The third-order valence-electron chi connectivity index (χ3n) is 5.19. The second-order valence-corrected chi connectivity index (χ2v) is 6.68. The van der Waals surface area contributed by atoms with E-state index >= 15 is 0 Å². The summed E-state index contributed by atoms with van der Waals surface area (Å²) in [7, 11) is 0. The van der Waals surface area contributed by atoms with Crippen molar-refractivity contribution in [3.8, 4) is 0 Å². The lowest BCUT2D eigenvalue weighted by atomic mass is 10.1. The van der Waals surface area contributed by atoms with Crippen LogP contribution in [0.2, 0.25) is 0 Å². The molecule has 0 bridgehead atoms. The molecule has 2 saturated heterocycles. The number of amides is 2. The number of carbonyl (C=O) groups is 1. The average Bonchev–Trinajstić information content (AvgIpc) is 3.15. The summed E-state index contributed by atoms with van der Waals surface area (Å²) < 4.78 is 5.78. The van der Waals surface area contributed by atoms with Crippen LogP contribution in [0.4, 0.5) is 10.5 Å². The molecule has 1 aliphatic carbocycles. The van der Waals surface area contributed by atoms with Gasteiger partial charge in [-0.3, -0.25) is 4.90 Å². The third kappa shape index (κ3) is 2.60. The van der Waals surface area contributed by atoms with Crippen molar-refractivity contribution in [3.63, 3.8) is 0 Å². The molecule has 2 fully saturated rings. The van der Waals surface area contributed by atoms with Crippen molar-refractivity contribution in [2.24, 2.45) is 0 Å². The van der Waals surface area contributed by atoms with Gasteiger partial charge in [-0.1, -0.05) is 6.07 Å². The Labute approximate surface area is 132 Å². The Kier molecular flexibility index (Phi) is 3.78. The van der Waals surface area contributed by atoms with E-state index < -0.39 is 0 Å². The van der Waals surface area contributed by atoms with Crippen LogP contribution < -0.4 is 4.90 Å². The van der Waals surface area contributed by atoms with Crippen LogP contribution in [0.1, 0.15) is 36.8 Å². The molecule has 2 amide bonds. The van der Waals surface area contributed by atoms with Crippen molar-refractivity contribution in [2.45, 2.75) is 44.6 Å². The van der Waals surface area contributed by atoms with Gasteiger partial charge in [-0.05, 0) is 61.8 Å². The van der Waals surface area contributed by atoms with Crippen LogP contribution in [0.5, 0.6) is 0 Å². The van der Waals surface area contributed by atoms with Crippen molar-refractivity contribution in [2.75, 3.05) is 31.1 Å². The number of ether oxygens (including phenoxy) is 1. The molecular formula is C18H24N2O2. The zero-order chi connectivity index (χ0) is 14.9. The maximum Gasteiger partial charge on any atom is 0.324 e. The molecule has 4 heteroatoms. The fourth-order valence-corrected chi connectivity index (χ4v) is 3.91. The molecule has 0 spiro atoms. The predicted molar refractivity (Wildman–Crippen MR) is 86.4 cm³/mol. The summed E-state index contributed by atoms with van der Waals surface area (Å²) in [6, 6.07) is 6.69. The average molecular weight is 300 g/mol. The monoisotopic (exact) mass is 300 g/mol. The highest BCUT2D eigenvalue weighted by atomic mass is 16.5. The molecule has 0 saturated carbocycles. The summed E-state index contributed by atoms with van der Waals surface area (Å²) in [5.74, 6) is 0. The second-order valence-electron chi connectivity index (χ2n) is 6.68. The van der Waals surface area contributed by atoms with E-state index in [2.05, 4.69) is 18.2 Å². The normalized spacial score (nSPS) is 24.9. The lowest BCUT2D eigenvalue weighted by Gasteiger charge is -2.27. The number of hydrogen-bond acceptors (Lipinski definition) is 2. The molecule has 3 aliphatic rings. The van der Waals surface area contributed by atoms with E-state index in [1.54, 1.807) is 0 Å². The van der Waals surface area contributed by atoms with Crippen LogP contribution in [0.3, 0.4) is 0 Å². The summed E-state index contributed by atoms with van der Waals surface area (Å²) in [4.78, 5) is 16.6. The first kappa shape index (κ1) is 14.1. The number of fused-ring (bicyclic) bond motifs is 1. The highest BCUT2D eigenvalue weighted by Gasteiger charge is 2.32. The predicted octanol–water partition coefficient (Wildman–Crippen LogP) is 2.99. The van der Waals surface area contributed by atoms with Crippen molar-refractivity contribution in [1.82, 2.24) is 4.90 Å². The van der Waals surface area contributed by atoms with Gasteiger partial charge in [-0.15, -0.1) is 0 Å². The van der Waals surface area contributed by atoms with Crippen molar-refractivity contribution >= 4 is 11.7 Å². The number of hydrogen-bond donors (Lipinski definition) is 0. The van der Waals surface area contributed by atoms with Gasteiger partial charge in [0.2, 0.25) is 0 Å². The molecule has 22 heavy (non-hydrogen) atoms. The molecule has 4 nitrogen and oxygen atoms in total. The summed E-state index contributed by atoms with van der Waals surface area (Å²) in [5, 5.41) is 0. The molecule has 0 N–H and O–H groups in total. The zero-order valence-electron chi connectivity index (χ0n) is 13.1. The number of carbonyl (C=O) groups excluding carboxylic acids is 1. The van der Waals surface area contributed by atoms with Crippen molar-refractivity contribution in [1.29, 1.82) is 0 Å². The number of urea groups is 1. The first-order valence-corrected chi connectivity index (χ1v) is 8.61. The maximum atomic E-state index is 12.7. The van der Waals surface area contributed by atoms with Crippen LogP contribution >= 0.6 is 0 Å². The summed E-state index contributed by atoms with van der Waals surface area (Å²) in [6.07, 6.45) is 7.30. The molecule has 2 heterocycles. The Morgan fingerprint density at radius 1 is 1.09 bits per heavy atom. The fraction of sp³-hybridized carbons (Fsp3) is 0.611. The van der Waals surface area contributed by atoms with Gasteiger partial charge in [0.05, 0.1) is 6.10 Å².